The third-order valence-corrected chi connectivity index (χ3v) is 3.93. The van der Waals surface area contributed by atoms with Gasteiger partial charge < -0.3 is 0 Å². The van der Waals surface area contributed by atoms with E-state index in [1.54, 1.807) is 0 Å². The zero-order chi connectivity index (χ0) is 11.3. The molecule has 0 heterocycles. The highest BCUT2D eigenvalue weighted by molar-refractivity contribution is 7.80. The minimum atomic E-state index is 0.0717. The summed E-state index contributed by atoms with van der Waals surface area (Å²) in [6, 6.07) is 11.8. The minimum absolute atomic E-state index is 0.0717. The molecule has 0 saturated heterocycles. The van der Waals surface area contributed by atoms with E-state index in [-0.39, 0.29) is 5.25 Å². The van der Waals surface area contributed by atoms with E-state index >= 15 is 0 Å². The van der Waals surface area contributed by atoms with Crippen molar-refractivity contribution < 1.29 is 0 Å². The molecule has 0 amide bonds. The Morgan fingerprint density at radius 3 is 1.69 bits per heavy atom. The smallest absolute Gasteiger partial charge is 0.0529 e. The van der Waals surface area contributed by atoms with Crippen molar-refractivity contribution in [1.82, 2.24) is 0 Å². The Labute approximate surface area is 110 Å². The van der Waals surface area contributed by atoms with Crippen LogP contribution in [0.2, 0.25) is 10.0 Å². The van der Waals surface area contributed by atoms with E-state index in [9.17, 15) is 0 Å². The van der Waals surface area contributed by atoms with Gasteiger partial charge in [-0.15, -0.1) is 0 Å². The summed E-state index contributed by atoms with van der Waals surface area (Å²) >= 11 is 16.6. The molecule has 16 heavy (non-hydrogen) atoms. The van der Waals surface area contributed by atoms with Crippen LogP contribution in [0.5, 0.6) is 0 Å². The monoisotopic (exact) mass is 266 g/mol. The summed E-state index contributed by atoms with van der Waals surface area (Å²) in [6.45, 7) is 0. The Hall–Kier alpha value is -0.630. The van der Waals surface area contributed by atoms with Gasteiger partial charge in [0.15, 0.2) is 0 Å². The molecule has 0 radical (unpaired) electrons. The molecule has 0 spiro atoms. The number of fused-ring (bicyclic) bond motifs is 3. The van der Waals surface area contributed by atoms with Crippen LogP contribution in [0.1, 0.15) is 16.4 Å². The summed E-state index contributed by atoms with van der Waals surface area (Å²) in [5, 5.41) is 1.57. The SMILES string of the molecule is SC1c2cc(Cl)ccc2-c2ccc(Cl)cc21. The van der Waals surface area contributed by atoms with Gasteiger partial charge in [-0.05, 0) is 46.5 Å². The number of benzene rings is 2. The zero-order valence-corrected chi connectivity index (χ0v) is 10.7. The molecule has 0 saturated carbocycles. The molecule has 80 valence electrons. The topological polar surface area (TPSA) is 0 Å². The first-order valence-corrected chi connectivity index (χ1v) is 6.21. The second-order valence-corrected chi connectivity index (χ2v) is 5.25. The van der Waals surface area contributed by atoms with Gasteiger partial charge in [-0.1, -0.05) is 35.3 Å². The minimum Gasteiger partial charge on any atom is -0.166 e. The molecule has 0 bridgehead atoms. The van der Waals surface area contributed by atoms with Crippen molar-refractivity contribution in [1.29, 1.82) is 0 Å². The molecule has 3 rings (SSSR count). The highest BCUT2D eigenvalue weighted by Crippen LogP contribution is 2.47. The van der Waals surface area contributed by atoms with Crippen molar-refractivity contribution in [3.05, 3.63) is 57.6 Å². The fourth-order valence-electron chi connectivity index (χ4n) is 2.18. The molecular weight excluding hydrogens is 259 g/mol. The summed E-state index contributed by atoms with van der Waals surface area (Å²) in [4.78, 5) is 0. The molecule has 1 aliphatic rings. The quantitative estimate of drug-likeness (QED) is 0.638. The molecule has 0 atom stereocenters. The van der Waals surface area contributed by atoms with Crippen LogP contribution in [-0.4, -0.2) is 0 Å². The Morgan fingerprint density at radius 1 is 0.812 bits per heavy atom. The van der Waals surface area contributed by atoms with Gasteiger partial charge in [-0.25, -0.2) is 0 Å². The molecule has 0 fully saturated rings. The summed E-state index contributed by atoms with van der Waals surface area (Å²) in [7, 11) is 0. The Bertz CT molecular complexity index is 527. The molecule has 0 N–H and O–H groups in total. The summed E-state index contributed by atoms with van der Waals surface area (Å²) in [5.74, 6) is 0. The third-order valence-electron chi connectivity index (χ3n) is 2.91. The van der Waals surface area contributed by atoms with Crippen LogP contribution < -0.4 is 0 Å². The third kappa shape index (κ3) is 1.46. The van der Waals surface area contributed by atoms with Crippen LogP contribution in [0.4, 0.5) is 0 Å². The van der Waals surface area contributed by atoms with Gasteiger partial charge in [-0.3, -0.25) is 0 Å². The van der Waals surface area contributed by atoms with Gasteiger partial charge in [-0.2, -0.15) is 12.6 Å². The van der Waals surface area contributed by atoms with Crippen LogP contribution in [0, 0.1) is 0 Å². The van der Waals surface area contributed by atoms with E-state index < -0.39 is 0 Å². The first-order chi connectivity index (χ1) is 7.66. The Balaban J connectivity index is 2.30. The lowest BCUT2D eigenvalue weighted by Gasteiger charge is -2.05. The lowest BCUT2D eigenvalue weighted by Crippen LogP contribution is -1.85. The van der Waals surface area contributed by atoms with Crippen molar-refractivity contribution in [3.63, 3.8) is 0 Å². The molecule has 2 aromatic rings. The van der Waals surface area contributed by atoms with Crippen LogP contribution in [0.15, 0.2) is 36.4 Å². The molecule has 2 aromatic carbocycles. The van der Waals surface area contributed by atoms with Gasteiger partial charge in [0.1, 0.15) is 0 Å². The van der Waals surface area contributed by atoms with Crippen LogP contribution in [0.3, 0.4) is 0 Å². The van der Waals surface area contributed by atoms with Crippen LogP contribution >= 0.6 is 35.8 Å². The average Bonchev–Trinajstić information content (AvgIpc) is 2.53. The number of rotatable bonds is 0. The van der Waals surface area contributed by atoms with Gasteiger partial charge in [0.25, 0.3) is 0 Å². The fourth-order valence-corrected chi connectivity index (χ4v) is 2.97. The largest absolute Gasteiger partial charge is 0.166 e. The van der Waals surface area contributed by atoms with Gasteiger partial charge in [0, 0.05) is 10.0 Å². The molecule has 1 aliphatic carbocycles. The van der Waals surface area contributed by atoms with Crippen molar-refractivity contribution in [3.8, 4) is 11.1 Å². The van der Waals surface area contributed by atoms with Crippen molar-refractivity contribution in [2.24, 2.45) is 0 Å². The maximum absolute atomic E-state index is 6.00. The lowest BCUT2D eigenvalue weighted by atomic mass is 10.1. The summed E-state index contributed by atoms with van der Waals surface area (Å²) in [6.07, 6.45) is 0. The van der Waals surface area contributed by atoms with E-state index in [0.717, 1.165) is 21.2 Å². The van der Waals surface area contributed by atoms with Gasteiger partial charge in [0.2, 0.25) is 0 Å². The number of thiol groups is 1. The van der Waals surface area contributed by atoms with Crippen molar-refractivity contribution >= 4 is 35.8 Å². The number of hydrogen-bond acceptors (Lipinski definition) is 1. The highest BCUT2D eigenvalue weighted by atomic mass is 35.5. The van der Waals surface area contributed by atoms with Gasteiger partial charge in [0.05, 0.1) is 5.25 Å². The molecule has 0 unspecified atom stereocenters. The normalized spacial score (nSPS) is 13.7. The summed E-state index contributed by atoms with van der Waals surface area (Å²) in [5.41, 5.74) is 4.73. The van der Waals surface area contributed by atoms with Crippen LogP contribution in [-0.2, 0) is 0 Å². The molecule has 0 aliphatic heterocycles. The highest BCUT2D eigenvalue weighted by Gasteiger charge is 2.26. The maximum Gasteiger partial charge on any atom is 0.0529 e. The van der Waals surface area contributed by atoms with Gasteiger partial charge >= 0.3 is 0 Å². The van der Waals surface area contributed by atoms with Crippen LogP contribution in [0.25, 0.3) is 11.1 Å². The maximum atomic E-state index is 6.00. The molecule has 0 aromatic heterocycles. The molecule has 3 heteroatoms. The predicted octanol–water partition coefficient (Wildman–Crippen LogP) is 4.99. The molecule has 0 nitrogen and oxygen atoms in total. The standard InChI is InChI=1S/C13H8Cl2S/c14-7-1-3-9-10-4-2-8(15)6-12(10)13(16)11(9)5-7/h1-6,13,16H. The second-order valence-electron chi connectivity index (χ2n) is 3.87. The van der Waals surface area contributed by atoms with E-state index in [4.69, 9.17) is 23.2 Å². The second kappa shape index (κ2) is 3.69. The molecular formula is C13H8Cl2S. The lowest BCUT2D eigenvalue weighted by molar-refractivity contribution is 1.23. The van der Waals surface area contributed by atoms with Crippen molar-refractivity contribution in [2.75, 3.05) is 0 Å². The Kier molecular flexibility index (Phi) is 2.43. The van der Waals surface area contributed by atoms with E-state index in [2.05, 4.69) is 12.6 Å². The van der Waals surface area contributed by atoms with Crippen molar-refractivity contribution in [2.45, 2.75) is 5.25 Å². The fraction of sp³-hybridized carbons (Fsp3) is 0.0769. The van der Waals surface area contributed by atoms with E-state index in [1.165, 1.54) is 11.1 Å². The summed E-state index contributed by atoms with van der Waals surface area (Å²) < 4.78 is 0. The predicted molar refractivity (Wildman–Crippen MR) is 72.7 cm³/mol. The van der Waals surface area contributed by atoms with E-state index in [1.807, 2.05) is 36.4 Å². The zero-order valence-electron chi connectivity index (χ0n) is 8.24. The first kappa shape index (κ1) is 10.5. The Morgan fingerprint density at radius 2 is 1.25 bits per heavy atom. The average molecular weight is 267 g/mol. The van der Waals surface area contributed by atoms with E-state index in [0.29, 0.717) is 0 Å². The number of halogens is 2. The number of hydrogen-bond donors (Lipinski definition) is 1. The first-order valence-electron chi connectivity index (χ1n) is 4.94.